The largest absolute Gasteiger partial charge is 0.411 e. The Balaban J connectivity index is 0.00000484. The van der Waals surface area contributed by atoms with Crippen LogP contribution in [0.3, 0.4) is 0 Å². The van der Waals surface area contributed by atoms with Crippen LogP contribution < -0.4 is 5.32 Å². The number of piperazine rings is 1. The maximum Gasteiger partial charge on any atom is 0.411 e. The van der Waals surface area contributed by atoms with Crippen LogP contribution in [0.4, 0.5) is 13.2 Å². The van der Waals surface area contributed by atoms with E-state index in [1.54, 1.807) is 0 Å². The molecule has 0 bridgehead atoms. The van der Waals surface area contributed by atoms with Crippen LogP contribution in [0.5, 0.6) is 0 Å². The van der Waals surface area contributed by atoms with Gasteiger partial charge >= 0.3 is 6.18 Å². The summed E-state index contributed by atoms with van der Waals surface area (Å²) in [6, 6.07) is 0. The third-order valence-electron chi connectivity index (χ3n) is 3.64. The summed E-state index contributed by atoms with van der Waals surface area (Å²) in [7, 11) is 1.82. The van der Waals surface area contributed by atoms with Gasteiger partial charge in [-0.3, -0.25) is 9.69 Å². The SMILES string of the molecule is CNCC(C)C(=O)N1CCN(CCCOCC(F)(F)F)CC1.Cl. The molecule has 138 valence electrons. The van der Waals surface area contributed by atoms with E-state index in [1.165, 1.54) is 0 Å². The van der Waals surface area contributed by atoms with Crippen molar-refractivity contribution in [2.75, 3.05) is 59.5 Å². The fraction of sp³-hybridized carbons (Fsp3) is 0.929. The van der Waals surface area contributed by atoms with Crippen molar-refractivity contribution in [2.24, 2.45) is 5.92 Å². The van der Waals surface area contributed by atoms with Crippen LogP contribution in [-0.4, -0.2) is 81.4 Å². The summed E-state index contributed by atoms with van der Waals surface area (Å²) in [6.45, 7) is 5.07. The van der Waals surface area contributed by atoms with Crippen LogP contribution >= 0.6 is 12.4 Å². The van der Waals surface area contributed by atoms with Crippen molar-refractivity contribution in [1.29, 1.82) is 0 Å². The molecule has 1 saturated heterocycles. The molecular formula is C14H27ClF3N3O2. The summed E-state index contributed by atoms with van der Waals surface area (Å²) in [4.78, 5) is 16.1. The third-order valence-corrected chi connectivity index (χ3v) is 3.64. The minimum atomic E-state index is -4.25. The first-order valence-electron chi connectivity index (χ1n) is 7.63. The number of hydrogen-bond donors (Lipinski definition) is 1. The predicted octanol–water partition coefficient (Wildman–Crippen LogP) is 1.38. The van der Waals surface area contributed by atoms with E-state index in [0.29, 0.717) is 32.6 Å². The molecule has 1 heterocycles. The zero-order valence-corrected chi connectivity index (χ0v) is 14.5. The second kappa shape index (κ2) is 11.1. The van der Waals surface area contributed by atoms with Crippen LogP contribution in [0.15, 0.2) is 0 Å². The van der Waals surface area contributed by atoms with Crippen LogP contribution in [0.25, 0.3) is 0 Å². The number of amides is 1. The molecule has 0 aliphatic carbocycles. The number of rotatable bonds is 8. The Morgan fingerprint density at radius 2 is 1.87 bits per heavy atom. The number of ether oxygens (including phenoxy) is 1. The van der Waals surface area contributed by atoms with Gasteiger partial charge in [-0.25, -0.2) is 0 Å². The summed E-state index contributed by atoms with van der Waals surface area (Å²) >= 11 is 0. The molecule has 0 radical (unpaired) electrons. The normalized spacial score (nSPS) is 17.7. The van der Waals surface area contributed by atoms with E-state index in [-0.39, 0.29) is 30.8 Å². The average Bonchev–Trinajstić information content (AvgIpc) is 2.46. The molecule has 1 fully saturated rings. The zero-order chi connectivity index (χ0) is 16.6. The van der Waals surface area contributed by atoms with E-state index in [1.807, 2.05) is 18.9 Å². The van der Waals surface area contributed by atoms with Crippen molar-refractivity contribution in [3.63, 3.8) is 0 Å². The second-order valence-electron chi connectivity index (χ2n) is 5.65. The predicted molar refractivity (Wildman–Crippen MR) is 84.8 cm³/mol. The molecule has 1 amide bonds. The average molecular weight is 362 g/mol. The quantitative estimate of drug-likeness (QED) is 0.663. The lowest BCUT2D eigenvalue weighted by Gasteiger charge is -2.36. The van der Waals surface area contributed by atoms with Gasteiger partial charge in [0.2, 0.25) is 5.91 Å². The first-order chi connectivity index (χ1) is 10.3. The standard InChI is InChI=1S/C14H26F3N3O2.ClH/c1-12(10-18-2)13(21)20-7-5-19(6-8-20)4-3-9-22-11-14(15,16)17;/h12,18H,3-11H2,1-2H3;1H. The highest BCUT2D eigenvalue weighted by Gasteiger charge is 2.27. The number of carbonyl (C=O) groups is 1. The summed E-state index contributed by atoms with van der Waals surface area (Å²) in [6.07, 6.45) is -3.68. The highest BCUT2D eigenvalue weighted by atomic mass is 35.5. The van der Waals surface area contributed by atoms with Crippen molar-refractivity contribution in [2.45, 2.75) is 19.5 Å². The second-order valence-corrected chi connectivity index (χ2v) is 5.65. The molecule has 1 aliphatic rings. The lowest BCUT2D eigenvalue weighted by molar-refractivity contribution is -0.174. The van der Waals surface area contributed by atoms with Gasteiger partial charge in [0.1, 0.15) is 6.61 Å². The lowest BCUT2D eigenvalue weighted by Crippen LogP contribution is -2.51. The Morgan fingerprint density at radius 1 is 1.26 bits per heavy atom. The summed E-state index contributed by atoms with van der Waals surface area (Å²) in [5.41, 5.74) is 0. The van der Waals surface area contributed by atoms with Crippen LogP contribution in [0.1, 0.15) is 13.3 Å². The number of hydrogen-bond acceptors (Lipinski definition) is 4. The molecule has 0 saturated carbocycles. The van der Waals surface area contributed by atoms with Gasteiger partial charge in [0.15, 0.2) is 0 Å². The van der Waals surface area contributed by atoms with Crippen LogP contribution in [-0.2, 0) is 9.53 Å². The molecular weight excluding hydrogens is 335 g/mol. The van der Waals surface area contributed by atoms with E-state index in [2.05, 4.69) is 15.0 Å². The van der Waals surface area contributed by atoms with Crippen molar-refractivity contribution >= 4 is 18.3 Å². The highest BCUT2D eigenvalue weighted by Crippen LogP contribution is 2.14. The minimum Gasteiger partial charge on any atom is -0.372 e. The number of nitrogens with one attached hydrogen (secondary N) is 1. The van der Waals surface area contributed by atoms with Gasteiger partial charge in [-0.1, -0.05) is 6.92 Å². The number of nitrogens with zero attached hydrogens (tertiary/aromatic N) is 2. The van der Waals surface area contributed by atoms with Gasteiger partial charge < -0.3 is 15.0 Å². The summed E-state index contributed by atoms with van der Waals surface area (Å²) in [5, 5.41) is 2.99. The topological polar surface area (TPSA) is 44.8 Å². The van der Waals surface area contributed by atoms with Gasteiger partial charge in [0.25, 0.3) is 0 Å². The highest BCUT2D eigenvalue weighted by molar-refractivity contribution is 5.85. The monoisotopic (exact) mass is 361 g/mol. The lowest BCUT2D eigenvalue weighted by atomic mass is 10.1. The molecule has 1 unspecified atom stereocenters. The third kappa shape index (κ3) is 9.34. The first kappa shape index (κ1) is 22.4. The molecule has 1 rings (SSSR count). The Hall–Kier alpha value is -0.570. The molecule has 1 N–H and O–H groups in total. The fourth-order valence-electron chi connectivity index (χ4n) is 2.48. The Bertz CT molecular complexity index is 338. The molecule has 0 aromatic rings. The molecule has 1 aliphatic heterocycles. The maximum absolute atomic E-state index is 12.1. The molecule has 9 heteroatoms. The minimum absolute atomic E-state index is 0. The van der Waals surface area contributed by atoms with Crippen LogP contribution in [0, 0.1) is 5.92 Å². The van der Waals surface area contributed by atoms with Crippen molar-refractivity contribution in [3.05, 3.63) is 0 Å². The zero-order valence-electron chi connectivity index (χ0n) is 13.7. The maximum atomic E-state index is 12.1. The summed E-state index contributed by atoms with van der Waals surface area (Å²) < 4.78 is 40.3. The Morgan fingerprint density at radius 3 is 2.39 bits per heavy atom. The van der Waals surface area contributed by atoms with E-state index in [0.717, 1.165) is 13.1 Å². The fourth-order valence-corrected chi connectivity index (χ4v) is 2.48. The van der Waals surface area contributed by atoms with Gasteiger partial charge in [0, 0.05) is 51.8 Å². The van der Waals surface area contributed by atoms with Crippen molar-refractivity contribution < 1.29 is 22.7 Å². The van der Waals surface area contributed by atoms with Gasteiger partial charge in [-0.05, 0) is 13.5 Å². The van der Waals surface area contributed by atoms with Gasteiger partial charge in [-0.15, -0.1) is 12.4 Å². The molecule has 0 spiro atoms. The molecule has 5 nitrogen and oxygen atoms in total. The van der Waals surface area contributed by atoms with Crippen molar-refractivity contribution in [3.8, 4) is 0 Å². The van der Waals surface area contributed by atoms with E-state index in [9.17, 15) is 18.0 Å². The molecule has 1 atom stereocenters. The molecule has 23 heavy (non-hydrogen) atoms. The van der Waals surface area contributed by atoms with Crippen LogP contribution in [0.2, 0.25) is 0 Å². The molecule has 0 aromatic heterocycles. The Labute approximate surface area is 141 Å². The number of alkyl halides is 3. The van der Waals surface area contributed by atoms with E-state index >= 15 is 0 Å². The molecule has 0 aromatic carbocycles. The number of carbonyl (C=O) groups excluding carboxylic acids is 1. The van der Waals surface area contributed by atoms with E-state index in [4.69, 9.17) is 0 Å². The van der Waals surface area contributed by atoms with E-state index < -0.39 is 12.8 Å². The first-order valence-corrected chi connectivity index (χ1v) is 7.63. The Kier molecular flexibility index (Phi) is 10.8. The van der Waals surface area contributed by atoms with Crippen molar-refractivity contribution in [1.82, 2.24) is 15.1 Å². The smallest absolute Gasteiger partial charge is 0.372 e. The van der Waals surface area contributed by atoms with Gasteiger partial charge in [-0.2, -0.15) is 13.2 Å². The van der Waals surface area contributed by atoms with Gasteiger partial charge in [0.05, 0.1) is 0 Å². The summed E-state index contributed by atoms with van der Waals surface area (Å²) in [5.74, 6) is 0.120. The number of halogens is 4.